The van der Waals surface area contributed by atoms with E-state index >= 15 is 0 Å². The molecule has 8 nitrogen and oxygen atoms in total. The summed E-state index contributed by atoms with van der Waals surface area (Å²) in [6.07, 6.45) is 2.75. The zero-order valence-corrected chi connectivity index (χ0v) is 12.2. The number of ether oxygens (including phenoxy) is 1. The molecule has 0 aliphatic heterocycles. The van der Waals surface area contributed by atoms with Gasteiger partial charge in [0.25, 0.3) is 5.89 Å². The smallest absolute Gasteiger partial charge is 0.339 e. The number of hydrogen-bond acceptors (Lipinski definition) is 7. The molecule has 0 radical (unpaired) electrons. The number of benzene rings is 1. The van der Waals surface area contributed by atoms with Crippen molar-refractivity contribution < 1.29 is 18.8 Å². The average molecular weight is 312 g/mol. The van der Waals surface area contributed by atoms with Gasteiger partial charge in [-0.05, 0) is 36.2 Å². The van der Waals surface area contributed by atoms with Crippen LogP contribution in [0.5, 0.6) is 0 Å². The SMILES string of the molecule is Cc1noc(-c2ccc(C(=O)OCc3nccc[n+]3[O-])cc2)n1. The first kappa shape index (κ1) is 14.6. The average Bonchev–Trinajstić information content (AvgIpc) is 3.00. The van der Waals surface area contributed by atoms with Crippen LogP contribution < -0.4 is 4.73 Å². The Balaban J connectivity index is 1.67. The molecule has 0 atom stereocenters. The molecule has 2 heterocycles. The van der Waals surface area contributed by atoms with E-state index in [1.54, 1.807) is 31.2 Å². The summed E-state index contributed by atoms with van der Waals surface area (Å²) in [7, 11) is 0. The highest BCUT2D eigenvalue weighted by Gasteiger charge is 2.13. The van der Waals surface area contributed by atoms with Crippen LogP contribution in [-0.4, -0.2) is 21.1 Å². The van der Waals surface area contributed by atoms with E-state index in [-0.39, 0.29) is 12.4 Å². The maximum atomic E-state index is 12.0. The van der Waals surface area contributed by atoms with Crippen molar-refractivity contribution in [2.24, 2.45) is 0 Å². The molecule has 1 aromatic carbocycles. The molecule has 0 N–H and O–H groups in total. The molecule has 3 aromatic rings. The van der Waals surface area contributed by atoms with Gasteiger partial charge in [-0.25, -0.2) is 9.52 Å². The predicted octanol–water partition coefficient (Wildman–Crippen LogP) is 1.43. The van der Waals surface area contributed by atoms with E-state index in [9.17, 15) is 10.0 Å². The largest absolute Gasteiger partial charge is 0.711 e. The second kappa shape index (κ2) is 6.22. The van der Waals surface area contributed by atoms with Crippen LogP contribution in [0, 0.1) is 12.1 Å². The van der Waals surface area contributed by atoms with Gasteiger partial charge in [0.05, 0.1) is 11.8 Å². The fourth-order valence-corrected chi connectivity index (χ4v) is 1.87. The fourth-order valence-electron chi connectivity index (χ4n) is 1.87. The highest BCUT2D eigenvalue weighted by molar-refractivity contribution is 5.89. The van der Waals surface area contributed by atoms with Gasteiger partial charge in [0, 0.05) is 11.6 Å². The summed E-state index contributed by atoms with van der Waals surface area (Å²) in [6.45, 7) is 1.52. The number of hydrogen-bond donors (Lipinski definition) is 0. The molecule has 116 valence electrons. The molecule has 2 aromatic heterocycles. The van der Waals surface area contributed by atoms with E-state index in [0.717, 1.165) is 0 Å². The minimum atomic E-state index is -0.552. The van der Waals surface area contributed by atoms with Gasteiger partial charge in [0.15, 0.2) is 12.4 Å². The van der Waals surface area contributed by atoms with Crippen molar-refractivity contribution >= 4 is 5.97 Å². The van der Waals surface area contributed by atoms with Crippen LogP contribution in [0.2, 0.25) is 0 Å². The van der Waals surface area contributed by atoms with Crippen molar-refractivity contribution in [3.8, 4) is 11.5 Å². The Hall–Kier alpha value is -3.29. The number of nitrogens with zero attached hydrogens (tertiary/aromatic N) is 4. The van der Waals surface area contributed by atoms with Gasteiger partial charge < -0.3 is 14.5 Å². The minimum absolute atomic E-state index is 0.110. The second-order valence-corrected chi connectivity index (χ2v) is 4.66. The first-order chi connectivity index (χ1) is 11.1. The van der Waals surface area contributed by atoms with Crippen LogP contribution in [0.3, 0.4) is 0 Å². The topological polar surface area (TPSA) is 105 Å². The van der Waals surface area contributed by atoms with Crippen LogP contribution in [0.25, 0.3) is 11.5 Å². The Kier molecular flexibility index (Phi) is 3.96. The molecule has 0 bridgehead atoms. The molecule has 0 saturated heterocycles. The molecule has 0 saturated carbocycles. The van der Waals surface area contributed by atoms with Gasteiger partial charge in [-0.15, -0.1) is 0 Å². The number of carbonyl (C=O) groups is 1. The first-order valence-corrected chi connectivity index (χ1v) is 6.74. The second-order valence-electron chi connectivity index (χ2n) is 4.66. The monoisotopic (exact) mass is 312 g/mol. The van der Waals surface area contributed by atoms with E-state index in [2.05, 4.69) is 15.1 Å². The third kappa shape index (κ3) is 3.31. The van der Waals surface area contributed by atoms with Gasteiger partial charge in [0.2, 0.25) is 0 Å². The number of carbonyl (C=O) groups excluding carboxylic acids is 1. The first-order valence-electron chi connectivity index (χ1n) is 6.74. The van der Waals surface area contributed by atoms with Crippen LogP contribution >= 0.6 is 0 Å². The molecule has 0 fully saturated rings. The summed E-state index contributed by atoms with van der Waals surface area (Å²) >= 11 is 0. The van der Waals surface area contributed by atoms with Gasteiger partial charge >= 0.3 is 11.8 Å². The zero-order chi connectivity index (χ0) is 16.2. The van der Waals surface area contributed by atoms with E-state index in [0.29, 0.717) is 27.6 Å². The summed E-state index contributed by atoms with van der Waals surface area (Å²) in [6, 6.07) is 8.02. The van der Waals surface area contributed by atoms with Crippen LogP contribution in [-0.2, 0) is 11.3 Å². The molecular weight excluding hydrogens is 300 g/mol. The molecular formula is C15H12N4O4. The lowest BCUT2D eigenvalue weighted by molar-refractivity contribution is -0.620. The standard InChI is InChI=1S/C15H12N4O4/c1-10-17-14(23-18-10)11-3-5-12(6-4-11)15(20)22-9-13-16-7-2-8-19(13)21/h2-8H,9H2,1H3. The lowest BCUT2D eigenvalue weighted by Crippen LogP contribution is -2.33. The van der Waals surface area contributed by atoms with Crippen LogP contribution in [0.4, 0.5) is 0 Å². The molecule has 0 unspecified atom stereocenters. The predicted molar refractivity (Wildman–Crippen MR) is 76.8 cm³/mol. The third-order valence-electron chi connectivity index (χ3n) is 3.01. The summed E-state index contributed by atoms with van der Waals surface area (Å²) in [4.78, 5) is 19.9. The van der Waals surface area contributed by atoms with Gasteiger partial charge in [-0.2, -0.15) is 4.98 Å². The van der Waals surface area contributed by atoms with Crippen molar-refractivity contribution in [3.63, 3.8) is 0 Å². The Labute approximate surface area is 130 Å². The van der Waals surface area contributed by atoms with Gasteiger partial charge in [-0.1, -0.05) is 5.16 Å². The Bertz CT molecular complexity index is 830. The maximum absolute atomic E-state index is 12.0. The van der Waals surface area contributed by atoms with Gasteiger partial charge in [0.1, 0.15) is 6.20 Å². The fraction of sp³-hybridized carbons (Fsp3) is 0.133. The molecule has 0 aliphatic rings. The van der Waals surface area contributed by atoms with E-state index in [1.165, 1.54) is 18.5 Å². The minimum Gasteiger partial charge on any atom is -0.711 e. The highest BCUT2D eigenvalue weighted by atomic mass is 16.5. The molecule has 0 amide bonds. The van der Waals surface area contributed by atoms with E-state index in [4.69, 9.17) is 9.26 Å². The van der Waals surface area contributed by atoms with Crippen molar-refractivity contribution in [1.29, 1.82) is 0 Å². The molecule has 23 heavy (non-hydrogen) atoms. The summed E-state index contributed by atoms with van der Waals surface area (Å²) in [5.74, 6) is 0.468. The highest BCUT2D eigenvalue weighted by Crippen LogP contribution is 2.18. The number of aryl methyl sites for hydroxylation is 1. The third-order valence-corrected chi connectivity index (χ3v) is 3.01. The van der Waals surface area contributed by atoms with E-state index in [1.807, 2.05) is 0 Å². The quantitative estimate of drug-likeness (QED) is 0.407. The molecule has 8 heteroatoms. The van der Waals surface area contributed by atoms with Crippen molar-refractivity contribution in [2.45, 2.75) is 13.5 Å². The normalized spacial score (nSPS) is 10.5. The number of rotatable bonds is 4. The Morgan fingerprint density at radius 1 is 1.35 bits per heavy atom. The summed E-state index contributed by atoms with van der Waals surface area (Å²) in [5.41, 5.74) is 1.04. The Morgan fingerprint density at radius 3 is 2.78 bits per heavy atom. The molecule has 3 rings (SSSR count). The maximum Gasteiger partial charge on any atom is 0.339 e. The lowest BCUT2D eigenvalue weighted by Gasteiger charge is -2.06. The van der Waals surface area contributed by atoms with Crippen molar-refractivity contribution in [3.05, 3.63) is 65.1 Å². The van der Waals surface area contributed by atoms with Crippen LogP contribution in [0.1, 0.15) is 22.0 Å². The summed E-state index contributed by atoms with van der Waals surface area (Å²) < 4.78 is 10.7. The van der Waals surface area contributed by atoms with Crippen LogP contribution in [0.15, 0.2) is 47.2 Å². The lowest BCUT2D eigenvalue weighted by atomic mass is 10.1. The number of esters is 1. The Morgan fingerprint density at radius 2 is 2.13 bits per heavy atom. The van der Waals surface area contributed by atoms with Gasteiger partial charge in [-0.3, -0.25) is 0 Å². The van der Waals surface area contributed by atoms with Crippen molar-refractivity contribution in [1.82, 2.24) is 15.1 Å². The summed E-state index contributed by atoms with van der Waals surface area (Å²) in [5, 5.41) is 15.1. The molecule has 0 spiro atoms. The van der Waals surface area contributed by atoms with E-state index < -0.39 is 5.97 Å². The zero-order valence-electron chi connectivity index (χ0n) is 12.2. The van der Waals surface area contributed by atoms with Crippen molar-refractivity contribution in [2.75, 3.05) is 0 Å². The molecule has 0 aliphatic carbocycles. The number of aromatic nitrogens is 4.